The maximum absolute atomic E-state index is 9.97. The van der Waals surface area contributed by atoms with Crippen LogP contribution in [-0.4, -0.2) is 18.4 Å². The average molecular weight is 253 g/mol. The lowest BCUT2D eigenvalue weighted by Gasteiger charge is -2.35. The van der Waals surface area contributed by atoms with Gasteiger partial charge in [-0.25, -0.2) is 0 Å². The highest BCUT2D eigenvalue weighted by atomic mass is 79.9. The van der Waals surface area contributed by atoms with Crippen molar-refractivity contribution in [3.05, 3.63) is 0 Å². The molecule has 0 heterocycles. The molecule has 0 aromatic heterocycles. The van der Waals surface area contributed by atoms with Crippen LogP contribution in [0.4, 0.5) is 0 Å². The fraction of sp³-hybridized carbons (Fsp3) is 1.00. The first kappa shape index (κ1) is 12.7. The van der Waals surface area contributed by atoms with E-state index >= 15 is 0 Å². The molecule has 1 nitrogen and oxygen atoms in total. The summed E-state index contributed by atoms with van der Waals surface area (Å²) in [5, 5.41) is 1.24. The van der Waals surface area contributed by atoms with E-state index in [1.165, 1.54) is 12.8 Å². The lowest BCUT2D eigenvalue weighted by Crippen LogP contribution is -2.38. The number of alkyl halides is 1. The zero-order chi connectivity index (χ0) is 9.83. The molecule has 0 saturated carbocycles. The number of unbranched alkanes of at least 4 members (excludes halogenated alkanes) is 1. The van der Waals surface area contributed by atoms with Crippen LogP contribution < -0.4 is 0 Å². The van der Waals surface area contributed by atoms with E-state index in [9.17, 15) is 4.80 Å². The molecule has 3 heteroatoms. The molecular formula is C9H21BrOSi. The van der Waals surface area contributed by atoms with Crippen molar-refractivity contribution in [1.82, 2.24) is 0 Å². The van der Waals surface area contributed by atoms with E-state index in [1.54, 1.807) is 0 Å². The fourth-order valence-electron chi connectivity index (χ4n) is 0.967. The van der Waals surface area contributed by atoms with E-state index in [0.29, 0.717) is 0 Å². The summed E-state index contributed by atoms with van der Waals surface area (Å²) < 4.78 is 0. The molecule has 0 aliphatic carbocycles. The SMILES string of the molecule is CC(C)(CCCCBr)[Si](C)(C)O. The van der Waals surface area contributed by atoms with Gasteiger partial charge in [0, 0.05) is 5.33 Å². The predicted molar refractivity (Wildman–Crippen MR) is 61.4 cm³/mol. The van der Waals surface area contributed by atoms with Crippen molar-refractivity contribution in [1.29, 1.82) is 0 Å². The van der Waals surface area contributed by atoms with Gasteiger partial charge in [0.25, 0.3) is 0 Å². The number of hydrogen-bond donors (Lipinski definition) is 1. The van der Waals surface area contributed by atoms with Gasteiger partial charge >= 0.3 is 0 Å². The van der Waals surface area contributed by atoms with Gasteiger partial charge in [-0.3, -0.25) is 0 Å². The lowest BCUT2D eigenvalue weighted by molar-refractivity contribution is 0.442. The van der Waals surface area contributed by atoms with Crippen LogP contribution in [0.25, 0.3) is 0 Å². The highest BCUT2D eigenvalue weighted by Crippen LogP contribution is 2.40. The maximum Gasteiger partial charge on any atom is 0.188 e. The smallest absolute Gasteiger partial charge is 0.188 e. The van der Waals surface area contributed by atoms with Gasteiger partial charge in [-0.15, -0.1) is 0 Å². The highest BCUT2D eigenvalue weighted by Gasteiger charge is 2.36. The van der Waals surface area contributed by atoms with Crippen molar-refractivity contribution >= 4 is 24.2 Å². The van der Waals surface area contributed by atoms with Crippen LogP contribution in [0.15, 0.2) is 0 Å². The van der Waals surface area contributed by atoms with Crippen molar-refractivity contribution in [2.45, 2.75) is 51.2 Å². The Hall–Kier alpha value is 0.657. The summed E-state index contributed by atoms with van der Waals surface area (Å²) in [4.78, 5) is 9.97. The van der Waals surface area contributed by atoms with Crippen LogP contribution in [0, 0.1) is 0 Å². The second kappa shape index (κ2) is 4.77. The van der Waals surface area contributed by atoms with E-state index in [2.05, 4.69) is 29.8 Å². The Bertz CT molecular complexity index is 129. The Labute approximate surface area is 85.8 Å². The van der Waals surface area contributed by atoms with Crippen LogP contribution in [0.1, 0.15) is 33.1 Å². The minimum absolute atomic E-state index is 0.162. The molecule has 0 aromatic carbocycles. The molecule has 0 spiro atoms. The van der Waals surface area contributed by atoms with E-state index in [4.69, 9.17) is 0 Å². The first-order valence-corrected chi connectivity index (χ1v) is 8.66. The Morgan fingerprint density at radius 3 is 2.08 bits per heavy atom. The monoisotopic (exact) mass is 252 g/mol. The topological polar surface area (TPSA) is 20.2 Å². The molecular weight excluding hydrogens is 232 g/mol. The van der Waals surface area contributed by atoms with Gasteiger partial charge in [-0.1, -0.05) is 36.2 Å². The zero-order valence-corrected chi connectivity index (χ0v) is 11.2. The average Bonchev–Trinajstić information content (AvgIpc) is 1.85. The molecule has 0 aliphatic rings. The van der Waals surface area contributed by atoms with E-state index in [1.807, 2.05) is 13.1 Å². The molecule has 0 amide bonds. The number of halogens is 1. The quantitative estimate of drug-likeness (QED) is 0.451. The molecule has 0 aromatic rings. The van der Waals surface area contributed by atoms with Gasteiger partial charge in [0.1, 0.15) is 0 Å². The van der Waals surface area contributed by atoms with Gasteiger partial charge in [-0.2, -0.15) is 0 Å². The standard InChI is InChI=1S/C9H21BrOSi/c1-9(2,12(3,4)11)7-5-6-8-10/h11H,5-8H2,1-4H3. The van der Waals surface area contributed by atoms with Crippen molar-refractivity contribution in [3.8, 4) is 0 Å². The Morgan fingerprint density at radius 2 is 1.75 bits per heavy atom. The van der Waals surface area contributed by atoms with Crippen LogP contribution in [-0.2, 0) is 0 Å². The van der Waals surface area contributed by atoms with Gasteiger partial charge in [0.05, 0.1) is 0 Å². The molecule has 0 unspecified atom stereocenters. The summed E-state index contributed by atoms with van der Waals surface area (Å²) in [6.45, 7) is 8.43. The Morgan fingerprint density at radius 1 is 1.25 bits per heavy atom. The van der Waals surface area contributed by atoms with Gasteiger partial charge in [0.15, 0.2) is 8.32 Å². The summed E-state index contributed by atoms with van der Waals surface area (Å²) in [5.41, 5.74) is 0. The number of rotatable bonds is 5. The minimum Gasteiger partial charge on any atom is -0.432 e. The Balaban J connectivity index is 3.88. The van der Waals surface area contributed by atoms with Crippen molar-refractivity contribution in [2.24, 2.45) is 0 Å². The fourth-order valence-corrected chi connectivity index (χ4v) is 2.15. The van der Waals surface area contributed by atoms with Gasteiger partial charge < -0.3 is 4.80 Å². The van der Waals surface area contributed by atoms with Crippen LogP contribution in [0.5, 0.6) is 0 Å². The van der Waals surface area contributed by atoms with E-state index in [-0.39, 0.29) is 5.04 Å². The highest BCUT2D eigenvalue weighted by molar-refractivity contribution is 9.09. The second-order valence-corrected chi connectivity index (χ2v) is 9.85. The zero-order valence-electron chi connectivity index (χ0n) is 8.65. The molecule has 12 heavy (non-hydrogen) atoms. The second-order valence-electron chi connectivity index (χ2n) is 4.59. The summed E-state index contributed by atoms with van der Waals surface area (Å²) in [7, 11) is -1.95. The van der Waals surface area contributed by atoms with Crippen LogP contribution in [0.3, 0.4) is 0 Å². The normalized spacial score (nSPS) is 13.5. The molecule has 0 rings (SSSR count). The van der Waals surface area contributed by atoms with Crippen molar-refractivity contribution in [3.63, 3.8) is 0 Å². The third-order valence-corrected chi connectivity index (χ3v) is 6.96. The molecule has 74 valence electrons. The summed E-state index contributed by atoms with van der Waals surface area (Å²) >= 11 is 3.42. The van der Waals surface area contributed by atoms with Crippen molar-refractivity contribution < 1.29 is 4.80 Å². The van der Waals surface area contributed by atoms with Gasteiger partial charge in [-0.05, 0) is 31.0 Å². The molecule has 1 N–H and O–H groups in total. The largest absolute Gasteiger partial charge is 0.432 e. The molecule has 0 radical (unpaired) electrons. The molecule has 0 fully saturated rings. The first-order valence-electron chi connectivity index (χ1n) is 4.59. The Kier molecular flexibility index (Phi) is 5.03. The summed E-state index contributed by atoms with van der Waals surface area (Å²) in [6.07, 6.45) is 3.58. The maximum atomic E-state index is 9.97. The number of hydrogen-bond acceptors (Lipinski definition) is 1. The predicted octanol–water partition coefficient (Wildman–Crippen LogP) is 3.53. The molecule has 0 bridgehead atoms. The summed E-state index contributed by atoms with van der Waals surface area (Å²) in [5.74, 6) is 0. The van der Waals surface area contributed by atoms with E-state index < -0.39 is 8.32 Å². The van der Waals surface area contributed by atoms with Crippen molar-refractivity contribution in [2.75, 3.05) is 5.33 Å². The van der Waals surface area contributed by atoms with Gasteiger partial charge in [0.2, 0.25) is 0 Å². The minimum atomic E-state index is -1.95. The third kappa shape index (κ3) is 4.05. The lowest BCUT2D eigenvalue weighted by atomic mass is 10.1. The summed E-state index contributed by atoms with van der Waals surface area (Å²) in [6, 6.07) is 0. The van der Waals surface area contributed by atoms with E-state index in [0.717, 1.165) is 11.8 Å². The van der Waals surface area contributed by atoms with Crippen LogP contribution >= 0.6 is 15.9 Å². The molecule has 0 saturated heterocycles. The van der Waals surface area contributed by atoms with Crippen LogP contribution in [0.2, 0.25) is 18.1 Å². The molecule has 0 aliphatic heterocycles. The first-order chi connectivity index (χ1) is 5.31. The molecule has 0 atom stereocenters. The third-order valence-electron chi connectivity index (χ3n) is 2.84.